The molecule has 1 amide bonds. The number of nitrogens with two attached hydrogens (primary N) is 1. The van der Waals surface area contributed by atoms with Crippen molar-refractivity contribution in [3.63, 3.8) is 0 Å². The minimum Gasteiger partial charge on any atom is -0.496 e. The Kier molecular flexibility index (Phi) is 5.02. The number of carbonyl (C=O) groups is 1. The number of carbonyl (C=O) groups excluding carboxylic acids is 1. The summed E-state index contributed by atoms with van der Waals surface area (Å²) >= 11 is 5.92. The Bertz CT molecular complexity index is 764. The van der Waals surface area contributed by atoms with Crippen LogP contribution in [-0.4, -0.2) is 17.9 Å². The maximum Gasteiger partial charge on any atom is 0.284 e. The van der Waals surface area contributed by atoms with Crippen molar-refractivity contribution in [2.24, 2.45) is 0 Å². The minimum absolute atomic E-state index is 0.0368. The van der Waals surface area contributed by atoms with Gasteiger partial charge in [0.25, 0.3) is 11.6 Å². The second-order valence-corrected chi connectivity index (χ2v) is 5.07. The maximum absolute atomic E-state index is 12.3. The van der Waals surface area contributed by atoms with Crippen LogP contribution in [0.15, 0.2) is 36.4 Å². The zero-order valence-electron chi connectivity index (χ0n) is 12.2. The van der Waals surface area contributed by atoms with Crippen LogP contribution in [0.1, 0.15) is 15.9 Å². The number of benzene rings is 2. The van der Waals surface area contributed by atoms with Crippen LogP contribution in [0.5, 0.6) is 5.75 Å². The van der Waals surface area contributed by atoms with Gasteiger partial charge in [-0.25, -0.2) is 0 Å². The summed E-state index contributed by atoms with van der Waals surface area (Å²) in [5.41, 5.74) is 5.86. The fourth-order valence-corrected chi connectivity index (χ4v) is 2.30. The highest BCUT2D eigenvalue weighted by molar-refractivity contribution is 6.30. The molecule has 0 bridgehead atoms. The molecular formula is C15H14ClN3O4. The molecule has 0 unspecified atom stereocenters. The molecule has 0 saturated heterocycles. The lowest BCUT2D eigenvalue weighted by Gasteiger charge is -2.11. The number of hydrogen-bond donors (Lipinski definition) is 2. The predicted molar refractivity (Wildman–Crippen MR) is 86.7 cm³/mol. The van der Waals surface area contributed by atoms with Crippen LogP contribution in [0.25, 0.3) is 0 Å². The lowest BCUT2D eigenvalue weighted by Crippen LogP contribution is -2.25. The van der Waals surface area contributed by atoms with Gasteiger partial charge in [-0.15, -0.1) is 0 Å². The molecule has 0 radical (unpaired) electrons. The number of ether oxygens (including phenoxy) is 1. The van der Waals surface area contributed by atoms with Gasteiger partial charge in [0.15, 0.2) is 0 Å². The number of hydrogen-bond acceptors (Lipinski definition) is 5. The average Bonchev–Trinajstić information content (AvgIpc) is 2.52. The van der Waals surface area contributed by atoms with E-state index in [1.165, 1.54) is 25.3 Å². The molecule has 0 aliphatic carbocycles. The van der Waals surface area contributed by atoms with Crippen LogP contribution >= 0.6 is 11.6 Å². The van der Waals surface area contributed by atoms with E-state index >= 15 is 0 Å². The Labute approximate surface area is 137 Å². The first-order chi connectivity index (χ1) is 10.9. The number of nitrogens with zero attached hydrogens (tertiary/aromatic N) is 1. The van der Waals surface area contributed by atoms with Gasteiger partial charge in [0.2, 0.25) is 0 Å². The van der Waals surface area contributed by atoms with Crippen LogP contribution in [-0.2, 0) is 6.54 Å². The van der Waals surface area contributed by atoms with Crippen LogP contribution in [0.3, 0.4) is 0 Å². The second kappa shape index (κ2) is 6.97. The molecule has 0 fully saturated rings. The third-order valence-corrected chi connectivity index (χ3v) is 3.42. The van der Waals surface area contributed by atoms with Crippen LogP contribution in [0.4, 0.5) is 11.4 Å². The van der Waals surface area contributed by atoms with E-state index in [1.54, 1.807) is 18.2 Å². The highest BCUT2D eigenvalue weighted by Gasteiger charge is 2.22. The van der Waals surface area contributed by atoms with Crippen LogP contribution in [0.2, 0.25) is 5.02 Å². The normalized spacial score (nSPS) is 10.2. The molecule has 0 spiro atoms. The molecule has 3 N–H and O–H groups in total. The summed E-state index contributed by atoms with van der Waals surface area (Å²) in [7, 11) is 1.49. The molecular weight excluding hydrogens is 322 g/mol. The SMILES string of the molecule is COc1ccc(Cl)cc1CNC(=O)c1c(N)cccc1[N+](=O)[O-]. The summed E-state index contributed by atoms with van der Waals surface area (Å²) in [5, 5.41) is 14.1. The summed E-state index contributed by atoms with van der Waals surface area (Å²) < 4.78 is 5.18. The molecule has 2 aromatic rings. The molecule has 0 heterocycles. The smallest absolute Gasteiger partial charge is 0.284 e. The first-order valence-corrected chi connectivity index (χ1v) is 6.95. The van der Waals surface area contributed by atoms with Gasteiger partial charge in [0.1, 0.15) is 11.3 Å². The highest BCUT2D eigenvalue weighted by atomic mass is 35.5. The molecule has 7 nitrogen and oxygen atoms in total. The number of methoxy groups -OCH3 is 1. The highest BCUT2D eigenvalue weighted by Crippen LogP contribution is 2.25. The summed E-state index contributed by atoms with van der Waals surface area (Å²) in [4.78, 5) is 22.7. The van der Waals surface area contributed by atoms with Crippen molar-refractivity contribution in [1.82, 2.24) is 5.32 Å². The number of anilines is 1. The molecule has 120 valence electrons. The minimum atomic E-state index is -0.648. The Hall–Kier alpha value is -2.80. The van der Waals surface area contributed by atoms with E-state index < -0.39 is 10.8 Å². The van der Waals surface area contributed by atoms with E-state index in [0.29, 0.717) is 16.3 Å². The number of amides is 1. The van der Waals surface area contributed by atoms with Crippen molar-refractivity contribution in [2.75, 3.05) is 12.8 Å². The van der Waals surface area contributed by atoms with E-state index in [1.807, 2.05) is 0 Å². The maximum atomic E-state index is 12.3. The van der Waals surface area contributed by atoms with Crippen molar-refractivity contribution in [1.29, 1.82) is 0 Å². The topological polar surface area (TPSA) is 107 Å². The fourth-order valence-electron chi connectivity index (χ4n) is 2.11. The second-order valence-electron chi connectivity index (χ2n) is 4.64. The van der Waals surface area contributed by atoms with Gasteiger partial charge < -0.3 is 15.8 Å². The molecule has 0 saturated carbocycles. The monoisotopic (exact) mass is 335 g/mol. The molecule has 0 aliphatic rings. The Morgan fingerprint density at radius 1 is 1.39 bits per heavy atom. The Morgan fingerprint density at radius 3 is 2.78 bits per heavy atom. The Morgan fingerprint density at radius 2 is 2.13 bits per heavy atom. The van der Waals surface area contributed by atoms with Gasteiger partial charge in [-0.05, 0) is 24.3 Å². The third-order valence-electron chi connectivity index (χ3n) is 3.18. The lowest BCUT2D eigenvalue weighted by atomic mass is 10.1. The summed E-state index contributed by atoms with van der Waals surface area (Å²) in [6, 6.07) is 9.05. The lowest BCUT2D eigenvalue weighted by molar-refractivity contribution is -0.385. The van der Waals surface area contributed by atoms with Crippen molar-refractivity contribution in [3.05, 3.63) is 62.7 Å². The van der Waals surface area contributed by atoms with Crippen LogP contribution in [0, 0.1) is 10.1 Å². The zero-order chi connectivity index (χ0) is 17.0. The molecule has 2 rings (SSSR count). The molecule has 0 aromatic heterocycles. The van der Waals surface area contributed by atoms with Gasteiger partial charge in [-0.2, -0.15) is 0 Å². The van der Waals surface area contributed by atoms with Gasteiger partial charge in [0, 0.05) is 23.2 Å². The average molecular weight is 336 g/mol. The summed E-state index contributed by atoms with van der Waals surface area (Å²) in [6.45, 7) is 0.0913. The van der Waals surface area contributed by atoms with Crippen molar-refractivity contribution in [2.45, 2.75) is 6.54 Å². The molecule has 8 heteroatoms. The van der Waals surface area contributed by atoms with E-state index in [2.05, 4.69) is 5.32 Å². The molecule has 2 aromatic carbocycles. The van der Waals surface area contributed by atoms with Crippen LogP contribution < -0.4 is 15.8 Å². The quantitative estimate of drug-likeness (QED) is 0.496. The van der Waals surface area contributed by atoms with E-state index in [9.17, 15) is 14.9 Å². The first kappa shape index (κ1) is 16.6. The number of nitrogens with one attached hydrogen (secondary N) is 1. The molecule has 0 atom stereocenters. The molecule has 0 aliphatic heterocycles. The third kappa shape index (κ3) is 3.70. The number of halogens is 1. The number of nitrogen functional groups attached to an aromatic ring is 1. The summed E-state index contributed by atoms with van der Waals surface area (Å²) in [5.74, 6) is -0.0953. The number of nitro groups is 1. The standard InChI is InChI=1S/C15H14ClN3O4/c1-23-13-6-5-10(16)7-9(13)8-18-15(20)14-11(17)3-2-4-12(14)19(21)22/h2-7H,8,17H2,1H3,(H,18,20). The van der Waals surface area contributed by atoms with Gasteiger partial charge in [-0.1, -0.05) is 17.7 Å². The zero-order valence-corrected chi connectivity index (χ0v) is 13.0. The number of nitro benzene ring substituents is 1. The van der Waals surface area contributed by atoms with E-state index in [-0.39, 0.29) is 23.5 Å². The van der Waals surface area contributed by atoms with Crippen molar-refractivity contribution in [3.8, 4) is 5.75 Å². The summed E-state index contributed by atoms with van der Waals surface area (Å²) in [6.07, 6.45) is 0. The van der Waals surface area contributed by atoms with Gasteiger partial charge in [-0.3, -0.25) is 14.9 Å². The molecule has 23 heavy (non-hydrogen) atoms. The van der Waals surface area contributed by atoms with Gasteiger partial charge >= 0.3 is 0 Å². The van der Waals surface area contributed by atoms with Crippen molar-refractivity contribution < 1.29 is 14.5 Å². The Balaban J connectivity index is 2.24. The largest absolute Gasteiger partial charge is 0.496 e. The van der Waals surface area contributed by atoms with E-state index in [0.717, 1.165) is 0 Å². The first-order valence-electron chi connectivity index (χ1n) is 6.57. The number of rotatable bonds is 5. The van der Waals surface area contributed by atoms with E-state index in [4.69, 9.17) is 22.1 Å². The predicted octanol–water partition coefficient (Wildman–Crippen LogP) is 2.77. The van der Waals surface area contributed by atoms with Crippen molar-refractivity contribution >= 4 is 28.9 Å². The fraction of sp³-hybridized carbons (Fsp3) is 0.133. The van der Waals surface area contributed by atoms with Gasteiger partial charge in [0.05, 0.1) is 17.7 Å².